The lowest BCUT2D eigenvalue weighted by Gasteiger charge is -2.18. The molecule has 0 radical (unpaired) electrons. The molecule has 23 heavy (non-hydrogen) atoms. The Morgan fingerprint density at radius 1 is 1.13 bits per heavy atom. The largest absolute Gasteiger partial charge is 0.496 e. The topological polar surface area (TPSA) is 34.4 Å². The van der Waals surface area contributed by atoms with Crippen molar-refractivity contribution in [3.05, 3.63) is 76.4 Å². The summed E-state index contributed by atoms with van der Waals surface area (Å²) >= 11 is 1.78. The van der Waals surface area contributed by atoms with Gasteiger partial charge in [0.05, 0.1) is 13.4 Å². The molecular weight excluding hydrogens is 306 g/mol. The average Bonchev–Trinajstić information content (AvgIpc) is 3.28. The predicted molar refractivity (Wildman–Crippen MR) is 94.2 cm³/mol. The van der Waals surface area contributed by atoms with Crippen LogP contribution < -0.4 is 10.1 Å². The summed E-state index contributed by atoms with van der Waals surface area (Å²) in [6, 6.07) is 16.4. The molecule has 0 fully saturated rings. The first-order valence-corrected chi connectivity index (χ1v) is 8.66. The van der Waals surface area contributed by atoms with Crippen LogP contribution in [0.2, 0.25) is 0 Å². The molecule has 3 nitrogen and oxygen atoms in total. The van der Waals surface area contributed by atoms with Crippen LogP contribution in [0, 0.1) is 0 Å². The van der Waals surface area contributed by atoms with Crippen LogP contribution in [-0.4, -0.2) is 13.7 Å². The van der Waals surface area contributed by atoms with Crippen LogP contribution in [0.25, 0.3) is 0 Å². The van der Waals surface area contributed by atoms with Crippen LogP contribution in [0.15, 0.2) is 64.6 Å². The minimum absolute atomic E-state index is 0.192. The maximum Gasteiger partial charge on any atom is 0.122 e. The Morgan fingerprint density at radius 2 is 2.04 bits per heavy atom. The van der Waals surface area contributed by atoms with Gasteiger partial charge in [0.2, 0.25) is 0 Å². The normalized spacial score (nSPS) is 12.2. The third kappa shape index (κ3) is 4.03. The van der Waals surface area contributed by atoms with Crippen molar-refractivity contribution < 1.29 is 9.15 Å². The van der Waals surface area contributed by atoms with Crippen molar-refractivity contribution in [3.63, 3.8) is 0 Å². The van der Waals surface area contributed by atoms with Crippen molar-refractivity contribution in [3.8, 4) is 5.75 Å². The van der Waals surface area contributed by atoms with Crippen molar-refractivity contribution in [2.75, 3.05) is 13.7 Å². The summed E-state index contributed by atoms with van der Waals surface area (Å²) in [6.07, 6.45) is 2.69. The Balaban J connectivity index is 1.69. The van der Waals surface area contributed by atoms with E-state index >= 15 is 0 Å². The fourth-order valence-electron chi connectivity index (χ4n) is 2.77. The van der Waals surface area contributed by atoms with Crippen molar-refractivity contribution in [2.24, 2.45) is 0 Å². The van der Waals surface area contributed by atoms with E-state index in [0.717, 1.165) is 31.0 Å². The number of nitrogens with one attached hydrogen (secondary N) is 1. The first kappa shape index (κ1) is 15.8. The van der Waals surface area contributed by atoms with Crippen molar-refractivity contribution in [1.29, 1.82) is 0 Å². The number of ether oxygens (including phenoxy) is 1. The highest BCUT2D eigenvalue weighted by atomic mass is 32.1. The first-order chi connectivity index (χ1) is 11.4. The van der Waals surface area contributed by atoms with E-state index in [1.54, 1.807) is 24.7 Å². The van der Waals surface area contributed by atoms with Gasteiger partial charge >= 0.3 is 0 Å². The van der Waals surface area contributed by atoms with Gasteiger partial charge in [-0.1, -0.05) is 24.3 Å². The van der Waals surface area contributed by atoms with E-state index in [2.05, 4.69) is 28.9 Å². The molecule has 0 unspecified atom stereocenters. The Labute approximate surface area is 140 Å². The summed E-state index contributed by atoms with van der Waals surface area (Å²) in [5.41, 5.74) is 1.17. The van der Waals surface area contributed by atoms with Gasteiger partial charge < -0.3 is 14.5 Å². The number of benzene rings is 1. The van der Waals surface area contributed by atoms with E-state index in [4.69, 9.17) is 9.15 Å². The van der Waals surface area contributed by atoms with Crippen LogP contribution in [-0.2, 0) is 6.54 Å². The van der Waals surface area contributed by atoms with Crippen molar-refractivity contribution in [2.45, 2.75) is 18.9 Å². The smallest absolute Gasteiger partial charge is 0.122 e. The van der Waals surface area contributed by atoms with Gasteiger partial charge in [0, 0.05) is 22.9 Å². The second kappa shape index (κ2) is 7.99. The minimum Gasteiger partial charge on any atom is -0.496 e. The summed E-state index contributed by atoms with van der Waals surface area (Å²) in [5.74, 6) is 2.08. The van der Waals surface area contributed by atoms with E-state index < -0.39 is 0 Å². The van der Waals surface area contributed by atoms with Gasteiger partial charge in [-0.2, -0.15) is 0 Å². The fourth-order valence-corrected chi connectivity index (χ4v) is 3.44. The third-order valence-electron chi connectivity index (χ3n) is 3.89. The molecule has 3 aromatic rings. The molecule has 120 valence electrons. The Morgan fingerprint density at radius 3 is 2.78 bits per heavy atom. The maximum atomic E-state index is 5.67. The molecule has 0 spiro atoms. The molecule has 1 aromatic carbocycles. The summed E-state index contributed by atoms with van der Waals surface area (Å²) in [6.45, 7) is 1.83. The second-order valence-corrected chi connectivity index (χ2v) is 6.39. The lowest BCUT2D eigenvalue weighted by atomic mass is 9.92. The van der Waals surface area contributed by atoms with Crippen LogP contribution >= 0.6 is 11.3 Å². The Kier molecular flexibility index (Phi) is 5.51. The van der Waals surface area contributed by atoms with Gasteiger partial charge in [-0.3, -0.25) is 0 Å². The zero-order chi connectivity index (χ0) is 15.9. The molecule has 1 atom stereocenters. The van der Waals surface area contributed by atoms with E-state index in [0.29, 0.717) is 0 Å². The molecule has 2 heterocycles. The van der Waals surface area contributed by atoms with Crippen molar-refractivity contribution >= 4 is 11.3 Å². The monoisotopic (exact) mass is 327 g/mol. The zero-order valence-electron chi connectivity index (χ0n) is 13.2. The lowest BCUT2D eigenvalue weighted by molar-refractivity contribution is 0.398. The summed E-state index contributed by atoms with van der Waals surface area (Å²) in [4.78, 5) is 1.36. The van der Waals surface area contributed by atoms with E-state index in [9.17, 15) is 0 Å². The summed E-state index contributed by atoms with van der Waals surface area (Å²) in [7, 11) is 1.72. The highest BCUT2D eigenvalue weighted by Crippen LogP contribution is 2.34. The second-order valence-electron chi connectivity index (χ2n) is 5.35. The summed E-state index contributed by atoms with van der Waals surface area (Å²) < 4.78 is 11.2. The van der Waals surface area contributed by atoms with Gasteiger partial charge in [-0.25, -0.2) is 0 Å². The quantitative estimate of drug-likeness (QED) is 0.611. The van der Waals surface area contributed by atoms with Gasteiger partial charge in [-0.15, -0.1) is 11.3 Å². The van der Waals surface area contributed by atoms with Crippen LogP contribution in [0.5, 0.6) is 5.75 Å². The van der Waals surface area contributed by atoms with Gasteiger partial charge in [0.15, 0.2) is 0 Å². The van der Waals surface area contributed by atoms with Gasteiger partial charge in [-0.05, 0) is 42.6 Å². The highest BCUT2D eigenvalue weighted by Gasteiger charge is 2.20. The molecule has 0 aliphatic rings. The number of hydrogen-bond donors (Lipinski definition) is 1. The number of para-hydroxylation sites is 1. The maximum absolute atomic E-state index is 5.67. The average molecular weight is 327 g/mol. The molecule has 1 N–H and O–H groups in total. The number of furan rings is 1. The van der Waals surface area contributed by atoms with Crippen LogP contribution in [0.4, 0.5) is 0 Å². The number of hydrogen-bond acceptors (Lipinski definition) is 4. The van der Waals surface area contributed by atoms with E-state index in [1.165, 1.54) is 10.4 Å². The van der Waals surface area contributed by atoms with Crippen molar-refractivity contribution in [1.82, 2.24) is 5.32 Å². The van der Waals surface area contributed by atoms with E-state index in [-0.39, 0.29) is 5.92 Å². The van der Waals surface area contributed by atoms with Gasteiger partial charge in [0.25, 0.3) is 0 Å². The third-order valence-corrected chi connectivity index (χ3v) is 4.77. The Hall–Kier alpha value is -2.04. The fraction of sp³-hybridized carbons (Fsp3) is 0.263. The van der Waals surface area contributed by atoms with Crippen LogP contribution in [0.1, 0.15) is 28.5 Å². The molecule has 0 amide bonds. The molecule has 0 saturated heterocycles. The number of rotatable bonds is 8. The molecule has 0 bridgehead atoms. The Bertz CT molecular complexity index is 692. The summed E-state index contributed by atoms with van der Waals surface area (Å²) in [5, 5.41) is 5.62. The molecule has 2 aromatic heterocycles. The van der Waals surface area contributed by atoms with Crippen LogP contribution in [0.3, 0.4) is 0 Å². The molecular formula is C19H21NO2S. The molecule has 4 heteroatoms. The number of thiophene rings is 1. The number of methoxy groups -OCH3 is 1. The SMILES string of the molecule is COc1ccccc1[C@@H](CCNCc1cccs1)c1ccco1. The highest BCUT2D eigenvalue weighted by molar-refractivity contribution is 7.09. The molecule has 0 aliphatic carbocycles. The minimum atomic E-state index is 0.192. The van der Waals surface area contributed by atoms with E-state index in [1.807, 2.05) is 30.3 Å². The lowest BCUT2D eigenvalue weighted by Crippen LogP contribution is -2.17. The zero-order valence-corrected chi connectivity index (χ0v) is 14.0. The predicted octanol–water partition coefficient (Wildman–Crippen LogP) is 4.66. The molecule has 3 rings (SSSR count). The van der Waals surface area contributed by atoms with Gasteiger partial charge in [0.1, 0.15) is 11.5 Å². The molecule has 0 aliphatic heterocycles. The standard InChI is InChI=1S/C19H21NO2S/c1-21-18-8-3-2-7-16(18)17(19-9-4-12-22-19)10-11-20-14-15-6-5-13-23-15/h2-9,12-13,17,20H,10-11,14H2,1H3/t17-/m1/s1. The molecule has 0 saturated carbocycles. The first-order valence-electron chi connectivity index (χ1n) is 7.78.